The highest BCUT2D eigenvalue weighted by Gasteiger charge is 2.08. The average Bonchev–Trinajstić information content (AvgIpc) is 2.80. The third-order valence-corrected chi connectivity index (χ3v) is 6.41. The van der Waals surface area contributed by atoms with E-state index in [0.29, 0.717) is 12.2 Å². The van der Waals surface area contributed by atoms with Crippen LogP contribution in [0.25, 0.3) is 0 Å². The van der Waals surface area contributed by atoms with Gasteiger partial charge in [-0.1, -0.05) is 117 Å². The lowest BCUT2D eigenvalue weighted by Crippen LogP contribution is -2.11. The summed E-state index contributed by atoms with van der Waals surface area (Å²) in [6.07, 6.45) is 24.4. The zero-order chi connectivity index (χ0) is 23.3. The monoisotopic (exact) mass is 445 g/mol. The van der Waals surface area contributed by atoms with Gasteiger partial charge in [-0.25, -0.2) is 4.39 Å². The summed E-state index contributed by atoms with van der Waals surface area (Å²) in [4.78, 5) is 0. The molecule has 0 fully saturated rings. The molecule has 0 aliphatic rings. The molecule has 2 nitrogen and oxygen atoms in total. The van der Waals surface area contributed by atoms with Gasteiger partial charge in [0.15, 0.2) is 0 Å². The number of rotatable bonds is 21. The Balaban J connectivity index is 1.93. The number of nitrogens with zero attached hydrogens (tertiary/aromatic N) is 1. The van der Waals surface area contributed by atoms with Crippen molar-refractivity contribution >= 4 is 0 Å². The van der Waals surface area contributed by atoms with E-state index in [9.17, 15) is 4.39 Å². The van der Waals surface area contributed by atoms with Gasteiger partial charge < -0.3 is 4.74 Å². The first-order valence-electron chi connectivity index (χ1n) is 13.5. The maximum Gasteiger partial charge on any atom is 0.124 e. The van der Waals surface area contributed by atoms with Gasteiger partial charge in [0, 0.05) is 0 Å². The quantitative estimate of drug-likeness (QED) is 0.176. The maximum atomic E-state index is 13.5. The molecule has 0 amide bonds. The van der Waals surface area contributed by atoms with Crippen molar-refractivity contribution in [1.29, 1.82) is 5.26 Å². The highest BCUT2D eigenvalue weighted by molar-refractivity contribution is 5.33. The van der Waals surface area contributed by atoms with Gasteiger partial charge in [-0.3, -0.25) is 0 Å². The van der Waals surface area contributed by atoms with E-state index in [2.05, 4.69) is 13.8 Å². The molecule has 0 unspecified atom stereocenters. The van der Waals surface area contributed by atoms with Crippen molar-refractivity contribution in [2.75, 3.05) is 0 Å². The molecule has 1 aromatic carbocycles. The van der Waals surface area contributed by atoms with Gasteiger partial charge in [0.05, 0.1) is 24.3 Å². The molecule has 0 saturated heterocycles. The summed E-state index contributed by atoms with van der Waals surface area (Å²) >= 11 is 0. The Morgan fingerprint density at radius 1 is 0.750 bits per heavy atom. The third-order valence-electron chi connectivity index (χ3n) is 6.41. The van der Waals surface area contributed by atoms with E-state index in [1.807, 2.05) is 6.07 Å². The van der Waals surface area contributed by atoms with Crippen LogP contribution in [0.15, 0.2) is 18.2 Å². The molecule has 182 valence electrons. The Morgan fingerprint density at radius 2 is 1.25 bits per heavy atom. The van der Waals surface area contributed by atoms with Gasteiger partial charge in [0.2, 0.25) is 0 Å². The molecular weight excluding hydrogens is 397 g/mol. The van der Waals surface area contributed by atoms with Gasteiger partial charge >= 0.3 is 0 Å². The number of unbranched alkanes of at least 4 members (excludes halogenated alkanes) is 15. The predicted molar refractivity (Wildman–Crippen MR) is 134 cm³/mol. The van der Waals surface area contributed by atoms with Crippen LogP contribution in [0, 0.1) is 17.1 Å². The van der Waals surface area contributed by atoms with Crippen molar-refractivity contribution in [3.05, 3.63) is 35.1 Å². The molecule has 0 bridgehead atoms. The molecule has 1 aromatic rings. The summed E-state index contributed by atoms with van der Waals surface area (Å²) in [5.41, 5.74) is 1.10. The minimum Gasteiger partial charge on any atom is -0.374 e. The Hall–Kier alpha value is -1.40. The minimum absolute atomic E-state index is 0.218. The minimum atomic E-state index is -0.367. The predicted octanol–water partition coefficient (Wildman–Crippen LogP) is 9.64. The molecule has 0 spiro atoms. The molecular formula is C29H48FNO. The molecule has 0 N–H and O–H groups in total. The highest BCUT2D eigenvalue weighted by atomic mass is 19.1. The van der Waals surface area contributed by atoms with Crippen LogP contribution in [0.5, 0.6) is 0 Å². The van der Waals surface area contributed by atoms with E-state index in [-0.39, 0.29) is 11.9 Å². The summed E-state index contributed by atoms with van der Waals surface area (Å²) in [7, 11) is 0. The first-order chi connectivity index (χ1) is 15.7. The number of halogens is 1. The second-order valence-corrected chi connectivity index (χ2v) is 9.39. The number of hydrogen-bond acceptors (Lipinski definition) is 2. The van der Waals surface area contributed by atoms with Gasteiger partial charge in [-0.2, -0.15) is 5.26 Å². The fourth-order valence-corrected chi connectivity index (χ4v) is 4.34. The van der Waals surface area contributed by atoms with Crippen molar-refractivity contribution in [3.8, 4) is 6.07 Å². The molecule has 1 atom stereocenters. The Bertz CT molecular complexity index is 610. The molecule has 32 heavy (non-hydrogen) atoms. The van der Waals surface area contributed by atoms with E-state index in [0.717, 1.165) is 18.4 Å². The third kappa shape index (κ3) is 15.4. The summed E-state index contributed by atoms with van der Waals surface area (Å²) in [5, 5.41) is 8.96. The first kappa shape index (κ1) is 28.6. The second kappa shape index (κ2) is 20.2. The van der Waals surface area contributed by atoms with Crippen molar-refractivity contribution in [3.63, 3.8) is 0 Å². The van der Waals surface area contributed by atoms with Gasteiger partial charge in [-0.05, 0) is 36.6 Å². The SMILES string of the molecule is CCCCCCCCCCCCCCCCCC[C@@H](CC)OCc1cc(F)cc(C#N)c1. The Labute approximate surface area is 197 Å². The van der Waals surface area contributed by atoms with Crippen molar-refractivity contribution in [1.82, 2.24) is 0 Å². The molecule has 0 heterocycles. The standard InChI is InChI=1S/C29H48FNO/c1-3-5-6-7-8-9-10-11-12-13-14-15-16-17-18-19-20-29(4-2)32-25-27-21-26(24-31)22-28(30)23-27/h21-23,29H,3-20,25H2,1-2H3/t29-/m1/s1. The van der Waals surface area contributed by atoms with Crippen LogP contribution in [0.4, 0.5) is 4.39 Å². The summed E-state index contributed by atoms with van der Waals surface area (Å²) < 4.78 is 19.5. The number of nitriles is 1. The summed E-state index contributed by atoms with van der Waals surface area (Å²) in [6, 6.07) is 6.43. The smallest absolute Gasteiger partial charge is 0.124 e. The fourth-order valence-electron chi connectivity index (χ4n) is 4.34. The first-order valence-corrected chi connectivity index (χ1v) is 13.5. The van der Waals surface area contributed by atoms with Crippen LogP contribution in [-0.2, 0) is 11.3 Å². The van der Waals surface area contributed by atoms with E-state index < -0.39 is 0 Å². The van der Waals surface area contributed by atoms with Crippen LogP contribution in [0.2, 0.25) is 0 Å². The molecule has 1 rings (SSSR count). The van der Waals surface area contributed by atoms with Crippen LogP contribution in [0.3, 0.4) is 0 Å². The fraction of sp³-hybridized carbons (Fsp3) is 0.759. The summed E-state index contributed by atoms with van der Waals surface area (Å²) in [5.74, 6) is -0.367. The van der Waals surface area contributed by atoms with Crippen LogP contribution in [0.1, 0.15) is 141 Å². The average molecular weight is 446 g/mol. The number of ether oxygens (including phenoxy) is 1. The van der Waals surface area contributed by atoms with Gasteiger partial charge in [0.1, 0.15) is 5.82 Å². The molecule has 0 radical (unpaired) electrons. The molecule has 0 aliphatic carbocycles. The topological polar surface area (TPSA) is 33.0 Å². The maximum absolute atomic E-state index is 13.5. The van der Waals surface area contributed by atoms with Crippen molar-refractivity contribution in [2.45, 2.75) is 142 Å². The normalized spacial score (nSPS) is 12.1. The van der Waals surface area contributed by atoms with Crippen LogP contribution in [-0.4, -0.2) is 6.10 Å². The zero-order valence-corrected chi connectivity index (χ0v) is 21.0. The largest absolute Gasteiger partial charge is 0.374 e. The van der Waals surface area contributed by atoms with Crippen molar-refractivity contribution < 1.29 is 9.13 Å². The van der Waals surface area contributed by atoms with E-state index in [4.69, 9.17) is 10.00 Å². The van der Waals surface area contributed by atoms with E-state index in [1.54, 1.807) is 6.07 Å². The van der Waals surface area contributed by atoms with Crippen molar-refractivity contribution in [2.24, 2.45) is 0 Å². The lowest BCUT2D eigenvalue weighted by molar-refractivity contribution is 0.0308. The van der Waals surface area contributed by atoms with Gasteiger partial charge in [-0.15, -0.1) is 0 Å². The second-order valence-electron chi connectivity index (χ2n) is 9.39. The Morgan fingerprint density at radius 3 is 1.72 bits per heavy atom. The van der Waals surface area contributed by atoms with Crippen LogP contribution < -0.4 is 0 Å². The van der Waals surface area contributed by atoms with Gasteiger partial charge in [0.25, 0.3) is 0 Å². The van der Waals surface area contributed by atoms with Crippen LogP contribution >= 0.6 is 0 Å². The lowest BCUT2D eigenvalue weighted by atomic mass is 10.0. The number of hydrogen-bond donors (Lipinski definition) is 0. The van der Waals surface area contributed by atoms with E-state index in [1.165, 1.54) is 115 Å². The highest BCUT2D eigenvalue weighted by Crippen LogP contribution is 2.17. The molecule has 0 saturated carbocycles. The zero-order valence-electron chi connectivity index (χ0n) is 21.0. The van der Waals surface area contributed by atoms with E-state index >= 15 is 0 Å². The molecule has 0 aromatic heterocycles. The molecule has 0 aliphatic heterocycles. The Kier molecular flexibility index (Phi) is 18.1. The molecule has 3 heteroatoms. The lowest BCUT2D eigenvalue weighted by Gasteiger charge is -2.16. The number of benzene rings is 1. The summed E-state index contributed by atoms with van der Waals surface area (Å²) in [6.45, 7) is 4.80.